The van der Waals surface area contributed by atoms with Gasteiger partial charge in [0.1, 0.15) is 17.4 Å². The highest BCUT2D eigenvalue weighted by molar-refractivity contribution is 5.96. The van der Waals surface area contributed by atoms with E-state index in [9.17, 15) is 10.1 Å². The van der Waals surface area contributed by atoms with Crippen LogP contribution in [-0.2, 0) is 4.74 Å². The molecule has 3 aromatic rings. The van der Waals surface area contributed by atoms with Gasteiger partial charge in [-0.3, -0.25) is 0 Å². The molecule has 0 saturated heterocycles. The van der Waals surface area contributed by atoms with Gasteiger partial charge in [-0.15, -0.1) is 0 Å². The number of aryl methyl sites for hydroxylation is 2. The number of carbonyl (C=O) groups excluding carboxylic acids is 1. The highest BCUT2D eigenvalue weighted by atomic mass is 16.5. The van der Waals surface area contributed by atoms with Crippen molar-refractivity contribution in [3.05, 3.63) is 76.9 Å². The molecule has 0 atom stereocenters. The summed E-state index contributed by atoms with van der Waals surface area (Å²) in [5.41, 5.74) is 3.64. The van der Waals surface area contributed by atoms with Crippen molar-refractivity contribution in [2.45, 2.75) is 20.8 Å². The lowest BCUT2D eigenvalue weighted by Crippen LogP contribution is -2.09. The molecule has 0 bridgehead atoms. The standard InChI is InChI=1S/C23H20N2O3/c1-4-27-23(26)20-13-18(14-24)22(25-21(20)17-8-6-5-7-9-17)28-19-11-15(2)10-16(3)12-19/h5-13H,4H2,1-3H3. The number of hydrogen-bond donors (Lipinski definition) is 0. The molecule has 0 aliphatic carbocycles. The number of benzene rings is 2. The zero-order chi connectivity index (χ0) is 20.1. The van der Waals surface area contributed by atoms with E-state index in [2.05, 4.69) is 11.1 Å². The third-order valence-electron chi connectivity index (χ3n) is 4.06. The Kier molecular flexibility index (Phi) is 5.71. The number of rotatable bonds is 5. The second-order valence-corrected chi connectivity index (χ2v) is 6.36. The van der Waals surface area contributed by atoms with E-state index in [-0.39, 0.29) is 23.6 Å². The molecule has 140 valence electrons. The van der Waals surface area contributed by atoms with Gasteiger partial charge in [0.2, 0.25) is 5.88 Å². The van der Waals surface area contributed by atoms with Crippen molar-refractivity contribution in [3.8, 4) is 29.0 Å². The SMILES string of the molecule is CCOC(=O)c1cc(C#N)c(Oc2cc(C)cc(C)c2)nc1-c1ccccc1. The fourth-order valence-electron chi connectivity index (χ4n) is 2.94. The molecule has 2 aromatic carbocycles. The van der Waals surface area contributed by atoms with Gasteiger partial charge in [-0.1, -0.05) is 36.4 Å². The van der Waals surface area contributed by atoms with Crippen LogP contribution < -0.4 is 4.74 Å². The molecule has 0 radical (unpaired) electrons. The lowest BCUT2D eigenvalue weighted by atomic mass is 10.0. The van der Waals surface area contributed by atoms with Gasteiger partial charge in [0.25, 0.3) is 0 Å². The Bertz CT molecular complexity index is 1030. The van der Waals surface area contributed by atoms with Gasteiger partial charge in [0, 0.05) is 5.56 Å². The smallest absolute Gasteiger partial charge is 0.340 e. The van der Waals surface area contributed by atoms with E-state index >= 15 is 0 Å². The molecule has 0 amide bonds. The van der Waals surface area contributed by atoms with Crippen molar-refractivity contribution in [2.75, 3.05) is 6.61 Å². The van der Waals surface area contributed by atoms with Crippen LogP contribution in [0.3, 0.4) is 0 Å². The Morgan fingerprint density at radius 1 is 1.07 bits per heavy atom. The topological polar surface area (TPSA) is 72.2 Å². The molecule has 1 heterocycles. The van der Waals surface area contributed by atoms with Crippen molar-refractivity contribution < 1.29 is 14.3 Å². The molecule has 0 unspecified atom stereocenters. The van der Waals surface area contributed by atoms with Crippen LogP contribution in [0.1, 0.15) is 34.0 Å². The number of ether oxygens (including phenoxy) is 2. The number of pyridine rings is 1. The van der Waals surface area contributed by atoms with Gasteiger partial charge < -0.3 is 9.47 Å². The first-order valence-corrected chi connectivity index (χ1v) is 8.95. The second-order valence-electron chi connectivity index (χ2n) is 6.36. The van der Waals surface area contributed by atoms with Crippen LogP contribution in [0, 0.1) is 25.2 Å². The average Bonchev–Trinajstić information content (AvgIpc) is 2.67. The summed E-state index contributed by atoms with van der Waals surface area (Å²) in [6, 6.07) is 18.6. The molecule has 3 rings (SSSR count). The number of carbonyl (C=O) groups is 1. The lowest BCUT2D eigenvalue weighted by Gasteiger charge is -2.13. The summed E-state index contributed by atoms with van der Waals surface area (Å²) in [6.07, 6.45) is 0. The molecule has 0 saturated carbocycles. The zero-order valence-electron chi connectivity index (χ0n) is 16.0. The summed E-state index contributed by atoms with van der Waals surface area (Å²) in [5.74, 6) is 0.215. The largest absolute Gasteiger partial charge is 0.462 e. The summed E-state index contributed by atoms with van der Waals surface area (Å²) in [6.45, 7) is 5.90. The maximum absolute atomic E-state index is 12.5. The first-order chi connectivity index (χ1) is 13.5. The highest BCUT2D eigenvalue weighted by Gasteiger charge is 2.21. The predicted octanol–water partition coefficient (Wildman–Crippen LogP) is 5.21. The van der Waals surface area contributed by atoms with Crippen molar-refractivity contribution in [3.63, 3.8) is 0 Å². The molecule has 28 heavy (non-hydrogen) atoms. The maximum Gasteiger partial charge on any atom is 0.340 e. The number of nitriles is 1. The lowest BCUT2D eigenvalue weighted by molar-refractivity contribution is 0.0527. The minimum absolute atomic E-state index is 0.152. The van der Waals surface area contributed by atoms with Crippen molar-refractivity contribution in [1.82, 2.24) is 4.98 Å². The van der Waals surface area contributed by atoms with Crippen LogP contribution in [0.15, 0.2) is 54.6 Å². The van der Waals surface area contributed by atoms with Crippen LogP contribution in [0.25, 0.3) is 11.3 Å². The van der Waals surface area contributed by atoms with Gasteiger partial charge in [-0.05, 0) is 50.1 Å². The summed E-state index contributed by atoms with van der Waals surface area (Å²) in [7, 11) is 0. The summed E-state index contributed by atoms with van der Waals surface area (Å²) < 4.78 is 11.1. The quantitative estimate of drug-likeness (QED) is 0.575. The minimum Gasteiger partial charge on any atom is -0.462 e. The first kappa shape index (κ1) is 19.1. The fourth-order valence-corrected chi connectivity index (χ4v) is 2.94. The molecule has 1 aromatic heterocycles. The van der Waals surface area contributed by atoms with Gasteiger partial charge in [-0.2, -0.15) is 5.26 Å². The Hall–Kier alpha value is -3.65. The van der Waals surface area contributed by atoms with Gasteiger partial charge in [-0.25, -0.2) is 9.78 Å². The zero-order valence-corrected chi connectivity index (χ0v) is 16.0. The summed E-state index contributed by atoms with van der Waals surface area (Å²) in [5, 5.41) is 9.58. The number of nitrogens with zero attached hydrogens (tertiary/aromatic N) is 2. The average molecular weight is 372 g/mol. The first-order valence-electron chi connectivity index (χ1n) is 8.95. The minimum atomic E-state index is -0.525. The van der Waals surface area contributed by atoms with Crippen LogP contribution >= 0.6 is 0 Å². The van der Waals surface area contributed by atoms with Gasteiger partial charge >= 0.3 is 5.97 Å². The van der Waals surface area contributed by atoms with E-state index in [1.165, 1.54) is 6.07 Å². The summed E-state index contributed by atoms with van der Waals surface area (Å²) in [4.78, 5) is 17.0. The van der Waals surface area contributed by atoms with E-state index in [4.69, 9.17) is 9.47 Å². The van der Waals surface area contributed by atoms with Crippen LogP contribution in [0.4, 0.5) is 0 Å². The van der Waals surface area contributed by atoms with Gasteiger partial charge in [0.05, 0.1) is 17.9 Å². The fraction of sp³-hybridized carbons (Fsp3) is 0.174. The third-order valence-corrected chi connectivity index (χ3v) is 4.06. The third kappa shape index (κ3) is 4.18. The second kappa shape index (κ2) is 8.36. The molecular weight excluding hydrogens is 352 g/mol. The van der Waals surface area contributed by atoms with E-state index in [0.717, 1.165) is 16.7 Å². The monoisotopic (exact) mass is 372 g/mol. The molecule has 0 fully saturated rings. The molecule has 0 aliphatic rings. The number of hydrogen-bond acceptors (Lipinski definition) is 5. The maximum atomic E-state index is 12.5. The number of aromatic nitrogens is 1. The van der Waals surface area contributed by atoms with Crippen LogP contribution in [0.5, 0.6) is 11.6 Å². The Morgan fingerprint density at radius 3 is 2.36 bits per heavy atom. The van der Waals surface area contributed by atoms with E-state index in [1.54, 1.807) is 6.92 Å². The van der Waals surface area contributed by atoms with Crippen LogP contribution in [-0.4, -0.2) is 17.6 Å². The normalized spacial score (nSPS) is 10.2. The Labute approximate surface area is 164 Å². The molecule has 0 spiro atoms. The molecule has 0 aliphatic heterocycles. The molecule has 5 heteroatoms. The van der Waals surface area contributed by atoms with E-state index in [1.807, 2.05) is 62.4 Å². The van der Waals surface area contributed by atoms with Crippen molar-refractivity contribution in [1.29, 1.82) is 5.26 Å². The number of esters is 1. The Morgan fingerprint density at radius 2 is 1.75 bits per heavy atom. The van der Waals surface area contributed by atoms with Gasteiger partial charge in [0.15, 0.2) is 0 Å². The molecule has 0 N–H and O–H groups in total. The van der Waals surface area contributed by atoms with Crippen molar-refractivity contribution in [2.24, 2.45) is 0 Å². The molecule has 5 nitrogen and oxygen atoms in total. The van der Waals surface area contributed by atoms with E-state index < -0.39 is 5.97 Å². The van der Waals surface area contributed by atoms with Crippen LogP contribution in [0.2, 0.25) is 0 Å². The predicted molar refractivity (Wildman–Crippen MR) is 106 cm³/mol. The molecular formula is C23H20N2O3. The van der Waals surface area contributed by atoms with E-state index in [0.29, 0.717) is 11.4 Å². The summed E-state index contributed by atoms with van der Waals surface area (Å²) >= 11 is 0. The Balaban J connectivity index is 2.15. The van der Waals surface area contributed by atoms with Crippen molar-refractivity contribution >= 4 is 5.97 Å². The highest BCUT2D eigenvalue weighted by Crippen LogP contribution is 2.31.